The summed E-state index contributed by atoms with van der Waals surface area (Å²) in [6.07, 6.45) is 5.46. The average molecular weight is 459 g/mol. The number of aryl methyl sites for hydroxylation is 1. The summed E-state index contributed by atoms with van der Waals surface area (Å²) in [6.45, 7) is 8.55. The van der Waals surface area contributed by atoms with Crippen LogP contribution in [-0.4, -0.2) is 62.5 Å². The van der Waals surface area contributed by atoms with E-state index in [4.69, 9.17) is 4.74 Å². The number of carbonyl (C=O) groups excluding carboxylic acids is 1. The van der Waals surface area contributed by atoms with Crippen LogP contribution in [0.25, 0.3) is 33.4 Å². The van der Waals surface area contributed by atoms with Crippen LogP contribution in [0.3, 0.4) is 0 Å². The molecule has 176 valence electrons. The number of nitrogens with one attached hydrogen (secondary N) is 1. The lowest BCUT2D eigenvalue weighted by Gasteiger charge is -2.36. The van der Waals surface area contributed by atoms with Crippen molar-refractivity contribution in [3.63, 3.8) is 0 Å². The Morgan fingerprint density at radius 3 is 2.41 bits per heavy atom. The van der Waals surface area contributed by atoms with Crippen molar-refractivity contribution in [2.45, 2.75) is 26.4 Å². The first kappa shape index (κ1) is 22.0. The van der Waals surface area contributed by atoms with E-state index in [1.807, 2.05) is 51.0 Å². The highest BCUT2D eigenvalue weighted by atomic mass is 16.6. The number of ether oxygens (including phenoxy) is 1. The molecule has 1 fully saturated rings. The summed E-state index contributed by atoms with van der Waals surface area (Å²) in [7, 11) is 1.94. The molecule has 0 saturated carbocycles. The second kappa shape index (κ2) is 8.52. The largest absolute Gasteiger partial charge is 0.444 e. The topological polar surface area (TPSA) is 79.3 Å². The van der Waals surface area contributed by atoms with Gasteiger partial charge in [-0.25, -0.2) is 9.78 Å². The third-order valence-electron chi connectivity index (χ3n) is 6.13. The number of hydrogen-bond acceptors (Lipinski definition) is 5. The standard InChI is InChI=1S/C26H30N6O2/c1-26(2,3)34-25(33)32-13-11-31(12-14-32)20-7-5-18(6-8-20)19-15-21-22(17-28-24(21)27-16-19)23-9-10-29-30(23)4/h5-10,15-17H,11-14H2,1-4H3,(H,27,28). The van der Waals surface area contributed by atoms with E-state index < -0.39 is 5.60 Å². The molecule has 3 aromatic heterocycles. The van der Waals surface area contributed by atoms with E-state index in [1.165, 1.54) is 0 Å². The van der Waals surface area contributed by atoms with Crippen LogP contribution < -0.4 is 4.90 Å². The van der Waals surface area contributed by atoms with E-state index >= 15 is 0 Å². The van der Waals surface area contributed by atoms with Crippen molar-refractivity contribution in [2.75, 3.05) is 31.1 Å². The lowest BCUT2D eigenvalue weighted by molar-refractivity contribution is 0.0240. The van der Waals surface area contributed by atoms with E-state index in [9.17, 15) is 4.79 Å². The summed E-state index contributed by atoms with van der Waals surface area (Å²) in [5, 5.41) is 5.37. The molecule has 1 aromatic carbocycles. The van der Waals surface area contributed by atoms with Gasteiger partial charge in [0.2, 0.25) is 0 Å². The molecule has 0 unspecified atom stereocenters. The number of anilines is 1. The second-order valence-electron chi connectivity index (χ2n) is 9.66. The minimum atomic E-state index is -0.471. The van der Waals surface area contributed by atoms with Gasteiger partial charge in [-0.1, -0.05) is 12.1 Å². The Kier molecular flexibility index (Phi) is 5.51. The van der Waals surface area contributed by atoms with Crippen LogP contribution in [0.15, 0.2) is 55.0 Å². The Morgan fingerprint density at radius 1 is 1.03 bits per heavy atom. The van der Waals surface area contributed by atoms with Crippen molar-refractivity contribution in [2.24, 2.45) is 7.05 Å². The van der Waals surface area contributed by atoms with Crippen LogP contribution in [0.4, 0.5) is 10.5 Å². The minimum Gasteiger partial charge on any atom is -0.444 e. The predicted octanol–water partition coefficient (Wildman–Crippen LogP) is 4.69. The summed E-state index contributed by atoms with van der Waals surface area (Å²) in [5.74, 6) is 0. The van der Waals surface area contributed by atoms with Gasteiger partial charge in [0.15, 0.2) is 0 Å². The fourth-order valence-electron chi connectivity index (χ4n) is 4.35. The highest BCUT2D eigenvalue weighted by Gasteiger charge is 2.26. The molecule has 0 spiro atoms. The van der Waals surface area contributed by atoms with E-state index in [0.29, 0.717) is 13.1 Å². The number of amides is 1. The molecule has 4 heterocycles. The Bertz CT molecular complexity index is 1310. The zero-order chi connectivity index (χ0) is 23.9. The maximum atomic E-state index is 12.3. The molecule has 0 aliphatic carbocycles. The molecule has 1 amide bonds. The zero-order valence-electron chi connectivity index (χ0n) is 20.1. The monoisotopic (exact) mass is 458 g/mol. The molecule has 0 bridgehead atoms. The van der Waals surface area contributed by atoms with Gasteiger partial charge in [-0.3, -0.25) is 4.68 Å². The van der Waals surface area contributed by atoms with Gasteiger partial charge >= 0.3 is 6.09 Å². The van der Waals surface area contributed by atoms with Crippen molar-refractivity contribution < 1.29 is 9.53 Å². The number of pyridine rings is 1. The van der Waals surface area contributed by atoms with Crippen molar-refractivity contribution >= 4 is 22.8 Å². The Labute approximate surface area is 199 Å². The van der Waals surface area contributed by atoms with Gasteiger partial charge in [0.1, 0.15) is 11.2 Å². The number of fused-ring (bicyclic) bond motifs is 1. The summed E-state index contributed by atoms with van der Waals surface area (Å²) >= 11 is 0. The zero-order valence-corrected chi connectivity index (χ0v) is 20.1. The first-order chi connectivity index (χ1) is 16.3. The molecule has 4 aromatic rings. The number of rotatable bonds is 3. The Morgan fingerprint density at radius 2 is 1.76 bits per heavy atom. The molecule has 0 radical (unpaired) electrons. The maximum Gasteiger partial charge on any atom is 0.410 e. The molecular weight excluding hydrogens is 428 g/mol. The van der Waals surface area contributed by atoms with Gasteiger partial charge in [0.25, 0.3) is 0 Å². The number of aromatic amines is 1. The van der Waals surface area contributed by atoms with Crippen molar-refractivity contribution in [1.82, 2.24) is 24.6 Å². The van der Waals surface area contributed by atoms with Gasteiger partial charge in [0.05, 0.1) is 5.69 Å². The Hall–Kier alpha value is -3.81. The van der Waals surface area contributed by atoms with Crippen molar-refractivity contribution in [3.05, 3.63) is 55.0 Å². The second-order valence-corrected chi connectivity index (χ2v) is 9.66. The predicted molar refractivity (Wildman–Crippen MR) is 134 cm³/mol. The van der Waals surface area contributed by atoms with E-state index in [0.717, 1.165) is 52.2 Å². The van der Waals surface area contributed by atoms with Gasteiger partial charge in [-0.2, -0.15) is 5.10 Å². The normalized spacial score (nSPS) is 14.6. The molecular formula is C26H30N6O2. The molecule has 5 rings (SSSR count). The van der Waals surface area contributed by atoms with Crippen LogP contribution in [0.5, 0.6) is 0 Å². The molecule has 8 heteroatoms. The van der Waals surface area contributed by atoms with Crippen molar-refractivity contribution in [1.29, 1.82) is 0 Å². The summed E-state index contributed by atoms with van der Waals surface area (Å²) in [4.78, 5) is 24.3. The maximum absolute atomic E-state index is 12.3. The smallest absolute Gasteiger partial charge is 0.410 e. The lowest BCUT2D eigenvalue weighted by atomic mass is 10.0. The molecule has 0 atom stereocenters. The number of hydrogen-bond donors (Lipinski definition) is 1. The van der Waals surface area contributed by atoms with Gasteiger partial charge in [0, 0.05) is 74.0 Å². The first-order valence-corrected chi connectivity index (χ1v) is 11.6. The molecule has 1 aliphatic rings. The number of piperazine rings is 1. The van der Waals surface area contributed by atoms with Crippen LogP contribution in [0.2, 0.25) is 0 Å². The highest BCUT2D eigenvalue weighted by Crippen LogP contribution is 2.31. The summed E-state index contributed by atoms with van der Waals surface area (Å²) in [5.41, 5.74) is 5.86. The van der Waals surface area contributed by atoms with E-state index in [-0.39, 0.29) is 6.09 Å². The number of aromatic nitrogens is 4. The quantitative estimate of drug-likeness (QED) is 0.482. The first-order valence-electron chi connectivity index (χ1n) is 11.6. The molecule has 1 aliphatic heterocycles. The molecule has 1 saturated heterocycles. The molecule has 34 heavy (non-hydrogen) atoms. The van der Waals surface area contributed by atoms with Crippen LogP contribution >= 0.6 is 0 Å². The van der Waals surface area contributed by atoms with E-state index in [2.05, 4.69) is 50.3 Å². The number of nitrogens with zero attached hydrogens (tertiary/aromatic N) is 5. The molecule has 8 nitrogen and oxygen atoms in total. The third-order valence-corrected chi connectivity index (χ3v) is 6.13. The van der Waals surface area contributed by atoms with Crippen LogP contribution in [0.1, 0.15) is 20.8 Å². The fourth-order valence-corrected chi connectivity index (χ4v) is 4.35. The third kappa shape index (κ3) is 4.35. The lowest BCUT2D eigenvalue weighted by Crippen LogP contribution is -2.50. The summed E-state index contributed by atoms with van der Waals surface area (Å²) in [6, 6.07) is 12.7. The average Bonchev–Trinajstić information content (AvgIpc) is 3.43. The van der Waals surface area contributed by atoms with Crippen molar-refractivity contribution in [3.8, 4) is 22.4 Å². The number of carbonyl (C=O) groups is 1. The molecule has 1 N–H and O–H groups in total. The summed E-state index contributed by atoms with van der Waals surface area (Å²) < 4.78 is 7.37. The number of H-pyrrole nitrogens is 1. The highest BCUT2D eigenvalue weighted by molar-refractivity contribution is 5.95. The van der Waals surface area contributed by atoms with Crippen LogP contribution in [0, 0.1) is 0 Å². The Balaban J connectivity index is 1.30. The number of benzene rings is 1. The fraction of sp³-hybridized carbons (Fsp3) is 0.346. The van der Waals surface area contributed by atoms with Gasteiger partial charge in [-0.15, -0.1) is 0 Å². The van der Waals surface area contributed by atoms with Crippen LogP contribution in [-0.2, 0) is 11.8 Å². The van der Waals surface area contributed by atoms with Gasteiger partial charge in [-0.05, 0) is 50.6 Å². The SMILES string of the molecule is Cn1nccc1-c1c[nH]c2ncc(-c3ccc(N4CCN(C(=O)OC(C)(C)C)CC4)cc3)cc12. The minimum absolute atomic E-state index is 0.236. The van der Waals surface area contributed by atoms with Gasteiger partial charge < -0.3 is 19.5 Å². The van der Waals surface area contributed by atoms with E-state index in [1.54, 1.807) is 11.1 Å².